The molecular weight excluding hydrogens is 226 g/mol. The van der Waals surface area contributed by atoms with E-state index in [-0.39, 0.29) is 12.0 Å². The van der Waals surface area contributed by atoms with Crippen LogP contribution in [-0.2, 0) is 5.41 Å². The zero-order valence-electron chi connectivity index (χ0n) is 11.6. The normalized spacial score (nSPS) is 16.1. The molecule has 0 atom stereocenters. The lowest BCUT2D eigenvalue weighted by Gasteiger charge is -2.30. The lowest BCUT2D eigenvalue weighted by atomic mass is 9.84. The predicted octanol–water partition coefficient (Wildman–Crippen LogP) is 2.57. The van der Waals surface area contributed by atoms with E-state index < -0.39 is 0 Å². The average molecular weight is 249 g/mol. The third-order valence-corrected chi connectivity index (χ3v) is 3.77. The fourth-order valence-corrected chi connectivity index (χ4v) is 2.50. The number of benzene rings is 1. The zero-order chi connectivity index (χ0) is 13.2. The molecule has 1 heterocycles. The summed E-state index contributed by atoms with van der Waals surface area (Å²) in [4.78, 5) is 2.41. The van der Waals surface area contributed by atoms with Crippen LogP contribution in [-0.4, -0.2) is 31.9 Å². The Bertz CT molecular complexity index is 409. The van der Waals surface area contributed by atoms with Crippen LogP contribution >= 0.6 is 0 Å². The molecule has 1 fully saturated rings. The van der Waals surface area contributed by atoms with Gasteiger partial charge in [0.2, 0.25) is 0 Å². The molecule has 1 aliphatic rings. The van der Waals surface area contributed by atoms with Crippen LogP contribution in [0.1, 0.15) is 32.3 Å². The van der Waals surface area contributed by atoms with E-state index in [0.717, 1.165) is 18.8 Å². The monoisotopic (exact) mass is 249 g/mol. The first-order valence-electron chi connectivity index (χ1n) is 6.63. The first kappa shape index (κ1) is 13.2. The van der Waals surface area contributed by atoms with Crippen LogP contribution < -0.4 is 9.64 Å². The van der Waals surface area contributed by atoms with Crippen LogP contribution in [0.4, 0.5) is 5.69 Å². The highest BCUT2D eigenvalue weighted by Crippen LogP contribution is 2.36. The number of anilines is 1. The van der Waals surface area contributed by atoms with Gasteiger partial charge in [-0.15, -0.1) is 0 Å². The van der Waals surface area contributed by atoms with E-state index in [1.54, 1.807) is 7.11 Å². The van der Waals surface area contributed by atoms with Crippen LogP contribution in [0.25, 0.3) is 0 Å². The molecule has 1 aromatic rings. The lowest BCUT2D eigenvalue weighted by molar-refractivity contribution is 0.218. The molecule has 0 aliphatic carbocycles. The van der Waals surface area contributed by atoms with Crippen molar-refractivity contribution in [1.82, 2.24) is 0 Å². The second-order valence-corrected chi connectivity index (χ2v) is 5.62. The average Bonchev–Trinajstić information content (AvgIpc) is 2.91. The smallest absolute Gasteiger partial charge is 0.119 e. The summed E-state index contributed by atoms with van der Waals surface area (Å²) >= 11 is 0. The Balaban J connectivity index is 2.44. The van der Waals surface area contributed by atoms with Crippen molar-refractivity contribution in [2.45, 2.75) is 32.1 Å². The number of ether oxygens (including phenoxy) is 1. The van der Waals surface area contributed by atoms with Gasteiger partial charge in [0, 0.05) is 24.2 Å². The van der Waals surface area contributed by atoms with E-state index in [1.807, 2.05) is 6.07 Å². The predicted molar refractivity (Wildman–Crippen MR) is 74.6 cm³/mol. The summed E-state index contributed by atoms with van der Waals surface area (Å²) in [6.07, 6.45) is 2.51. The Morgan fingerprint density at radius 3 is 2.50 bits per heavy atom. The molecule has 1 N–H and O–H groups in total. The molecule has 3 nitrogen and oxygen atoms in total. The molecule has 0 saturated carbocycles. The van der Waals surface area contributed by atoms with Crippen LogP contribution in [0.2, 0.25) is 0 Å². The number of aliphatic hydroxyl groups excluding tert-OH is 1. The zero-order valence-corrected chi connectivity index (χ0v) is 11.6. The fourth-order valence-electron chi connectivity index (χ4n) is 2.50. The lowest BCUT2D eigenvalue weighted by Crippen LogP contribution is -2.27. The Hall–Kier alpha value is -1.22. The van der Waals surface area contributed by atoms with Crippen LogP contribution in [0.5, 0.6) is 5.75 Å². The van der Waals surface area contributed by atoms with Crippen molar-refractivity contribution in [3.8, 4) is 5.75 Å². The summed E-state index contributed by atoms with van der Waals surface area (Å²) in [6.45, 7) is 6.51. The summed E-state index contributed by atoms with van der Waals surface area (Å²) in [7, 11) is 1.68. The van der Waals surface area contributed by atoms with Crippen LogP contribution in [0.3, 0.4) is 0 Å². The molecule has 1 saturated heterocycles. The van der Waals surface area contributed by atoms with Crippen molar-refractivity contribution in [3.05, 3.63) is 23.8 Å². The Labute approximate surface area is 109 Å². The Morgan fingerprint density at radius 1 is 1.28 bits per heavy atom. The number of hydrogen-bond acceptors (Lipinski definition) is 3. The Kier molecular flexibility index (Phi) is 3.81. The molecule has 0 aromatic heterocycles. The minimum absolute atomic E-state index is 0.140. The Morgan fingerprint density at radius 2 is 1.94 bits per heavy atom. The van der Waals surface area contributed by atoms with Gasteiger partial charge < -0.3 is 14.7 Å². The van der Waals surface area contributed by atoms with E-state index in [2.05, 4.69) is 30.9 Å². The van der Waals surface area contributed by atoms with Gasteiger partial charge in [0.25, 0.3) is 0 Å². The number of rotatable bonds is 4. The maximum absolute atomic E-state index is 9.62. The highest BCUT2D eigenvalue weighted by atomic mass is 16.5. The maximum Gasteiger partial charge on any atom is 0.119 e. The topological polar surface area (TPSA) is 32.7 Å². The van der Waals surface area contributed by atoms with Gasteiger partial charge in [-0.25, -0.2) is 0 Å². The van der Waals surface area contributed by atoms with Crippen LogP contribution in [0.15, 0.2) is 18.2 Å². The van der Waals surface area contributed by atoms with E-state index in [0.29, 0.717) is 0 Å². The van der Waals surface area contributed by atoms with E-state index in [4.69, 9.17) is 4.74 Å². The highest BCUT2D eigenvalue weighted by Gasteiger charge is 2.26. The van der Waals surface area contributed by atoms with Crippen molar-refractivity contribution in [1.29, 1.82) is 0 Å². The highest BCUT2D eigenvalue weighted by molar-refractivity contribution is 5.59. The molecule has 0 radical (unpaired) electrons. The van der Waals surface area contributed by atoms with Gasteiger partial charge in [-0.2, -0.15) is 0 Å². The van der Waals surface area contributed by atoms with Gasteiger partial charge in [0.05, 0.1) is 13.7 Å². The number of nitrogens with zero attached hydrogens (tertiary/aromatic N) is 1. The molecule has 18 heavy (non-hydrogen) atoms. The van der Waals surface area contributed by atoms with E-state index in [9.17, 15) is 5.11 Å². The minimum Gasteiger partial charge on any atom is -0.497 e. The minimum atomic E-state index is -0.244. The summed E-state index contributed by atoms with van der Waals surface area (Å²) in [6, 6.07) is 6.19. The molecule has 0 spiro atoms. The van der Waals surface area contributed by atoms with Gasteiger partial charge in [-0.1, -0.05) is 13.8 Å². The molecule has 1 aromatic carbocycles. The van der Waals surface area contributed by atoms with Crippen LogP contribution in [0, 0.1) is 0 Å². The number of hydrogen-bond donors (Lipinski definition) is 1. The number of methoxy groups -OCH3 is 1. The summed E-state index contributed by atoms with van der Waals surface area (Å²) in [5.41, 5.74) is 2.17. The molecule has 0 amide bonds. The molecule has 2 rings (SSSR count). The van der Waals surface area contributed by atoms with Crippen molar-refractivity contribution in [2.24, 2.45) is 0 Å². The SMILES string of the molecule is COc1ccc(N2CCCC2)c(C(C)(C)CO)c1. The standard InChI is InChI=1S/C15H23NO2/c1-15(2,11-17)13-10-12(18-3)6-7-14(13)16-8-4-5-9-16/h6-7,10,17H,4-5,8-9,11H2,1-3H3. The summed E-state index contributed by atoms with van der Waals surface area (Å²) in [5.74, 6) is 0.856. The first-order valence-corrected chi connectivity index (χ1v) is 6.63. The molecule has 100 valence electrons. The third-order valence-electron chi connectivity index (χ3n) is 3.77. The third kappa shape index (κ3) is 2.46. The van der Waals surface area contributed by atoms with Crippen molar-refractivity contribution in [3.63, 3.8) is 0 Å². The van der Waals surface area contributed by atoms with Crippen molar-refractivity contribution in [2.75, 3.05) is 31.7 Å². The van der Waals surface area contributed by atoms with Gasteiger partial charge in [0.15, 0.2) is 0 Å². The summed E-state index contributed by atoms with van der Waals surface area (Å²) < 4.78 is 5.31. The maximum atomic E-state index is 9.62. The second kappa shape index (κ2) is 5.19. The van der Waals surface area contributed by atoms with Gasteiger partial charge in [-0.3, -0.25) is 0 Å². The van der Waals surface area contributed by atoms with Crippen molar-refractivity contribution < 1.29 is 9.84 Å². The fraction of sp³-hybridized carbons (Fsp3) is 0.600. The van der Waals surface area contributed by atoms with E-state index in [1.165, 1.54) is 24.1 Å². The molecular formula is C15H23NO2. The van der Waals surface area contributed by atoms with Gasteiger partial charge in [0.1, 0.15) is 5.75 Å². The second-order valence-electron chi connectivity index (χ2n) is 5.62. The summed E-state index contributed by atoms with van der Waals surface area (Å²) in [5, 5.41) is 9.62. The van der Waals surface area contributed by atoms with Gasteiger partial charge in [-0.05, 0) is 36.6 Å². The van der Waals surface area contributed by atoms with Crippen molar-refractivity contribution >= 4 is 5.69 Å². The van der Waals surface area contributed by atoms with E-state index >= 15 is 0 Å². The molecule has 1 aliphatic heterocycles. The molecule has 0 bridgehead atoms. The molecule has 0 unspecified atom stereocenters. The van der Waals surface area contributed by atoms with Gasteiger partial charge >= 0.3 is 0 Å². The first-order chi connectivity index (χ1) is 8.58. The molecule has 3 heteroatoms. The largest absolute Gasteiger partial charge is 0.497 e. The quantitative estimate of drug-likeness (QED) is 0.890. The number of aliphatic hydroxyl groups is 1.